The molecule has 5 nitrogen and oxygen atoms in total. The quantitative estimate of drug-likeness (QED) is 0.678. The third kappa shape index (κ3) is 2.41. The summed E-state index contributed by atoms with van der Waals surface area (Å²) in [5.41, 5.74) is 0.181. The van der Waals surface area contributed by atoms with Crippen molar-refractivity contribution in [3.8, 4) is 0 Å². The number of rotatable bonds is 3. The van der Waals surface area contributed by atoms with Gasteiger partial charge in [0.2, 0.25) is 0 Å². The molecule has 71 valence electrons. The van der Waals surface area contributed by atoms with Crippen LogP contribution in [0.3, 0.4) is 0 Å². The normalized spacial score (nSPS) is 11.2. The molecule has 0 aliphatic carbocycles. The summed E-state index contributed by atoms with van der Waals surface area (Å²) in [6, 6.07) is 7.83. The number of hydrogen-bond acceptors (Lipinski definition) is 3. The Labute approximate surface area is 76.4 Å². The van der Waals surface area contributed by atoms with Crippen LogP contribution >= 0.6 is 0 Å². The van der Waals surface area contributed by atoms with Crippen LogP contribution in [0.1, 0.15) is 0 Å². The first-order valence-corrected chi connectivity index (χ1v) is 4.77. The Hall–Kier alpha value is -1.11. The molecule has 13 heavy (non-hydrogen) atoms. The molecule has 1 aromatic rings. The van der Waals surface area contributed by atoms with Gasteiger partial charge in [-0.05, 0) is 12.1 Å². The number of para-hydroxylation sites is 1. The summed E-state index contributed by atoms with van der Waals surface area (Å²) in [7, 11) is -3.49. The first-order valence-electron chi connectivity index (χ1n) is 3.41. The van der Waals surface area contributed by atoms with Gasteiger partial charge in [0.1, 0.15) is 0 Å². The molecule has 0 unspecified atom stereocenters. The lowest BCUT2D eigenvalue weighted by molar-refractivity contribution is 0.201. The van der Waals surface area contributed by atoms with E-state index in [0.29, 0.717) is 4.47 Å². The first kappa shape index (κ1) is 9.97. The molecule has 0 N–H and O–H groups in total. The highest BCUT2D eigenvalue weighted by Crippen LogP contribution is 2.15. The summed E-state index contributed by atoms with van der Waals surface area (Å²) >= 11 is 0. The van der Waals surface area contributed by atoms with Crippen molar-refractivity contribution in [3.05, 3.63) is 30.3 Å². The second-order valence-electron chi connectivity index (χ2n) is 2.20. The largest absolute Gasteiger partial charge is 0.412 e. The van der Waals surface area contributed by atoms with Gasteiger partial charge in [0.05, 0.1) is 12.8 Å². The van der Waals surface area contributed by atoms with Crippen LogP contribution in [0, 0.1) is 0 Å². The maximum Gasteiger partial charge on any atom is 0.412 e. The molecule has 0 aliphatic heterocycles. The predicted molar refractivity (Wildman–Crippen MR) is 45.5 cm³/mol. The van der Waals surface area contributed by atoms with E-state index in [-0.39, 0.29) is 5.69 Å². The molecule has 0 spiro atoms. The number of anilines is 1. The second kappa shape index (κ2) is 3.73. The van der Waals surface area contributed by atoms with Gasteiger partial charge in [-0.15, -0.1) is 4.47 Å². The number of nitrogens with zero attached hydrogens (tertiary/aromatic N) is 1. The lowest BCUT2D eigenvalue weighted by Gasteiger charge is -2.15. The minimum absolute atomic E-state index is 0.181. The van der Waals surface area contributed by atoms with E-state index in [2.05, 4.69) is 4.84 Å². The van der Waals surface area contributed by atoms with Gasteiger partial charge in [-0.3, -0.25) is 4.84 Å². The minimum atomic E-state index is -4.61. The topological polar surface area (TPSA) is 66.5 Å². The van der Waals surface area contributed by atoms with Crippen LogP contribution in [0.25, 0.3) is 0 Å². The van der Waals surface area contributed by atoms with Gasteiger partial charge < -0.3 is 0 Å². The Morgan fingerprint density at radius 3 is 2.15 bits per heavy atom. The summed E-state index contributed by atoms with van der Waals surface area (Å²) in [6.45, 7) is 0. The highest BCUT2D eigenvalue weighted by atomic mass is 32.2. The van der Waals surface area contributed by atoms with Crippen molar-refractivity contribution in [1.82, 2.24) is 0 Å². The molecular weight excluding hydrogens is 194 g/mol. The van der Waals surface area contributed by atoms with Crippen molar-refractivity contribution in [2.45, 2.75) is 0 Å². The molecule has 0 atom stereocenters. The molecule has 1 radical (unpaired) electrons. The van der Waals surface area contributed by atoms with E-state index >= 15 is 0 Å². The molecule has 1 rings (SSSR count). The fraction of sp³-hybridized carbons (Fsp3) is 0.143. The summed E-state index contributed by atoms with van der Waals surface area (Å²) in [4.78, 5) is 4.43. The van der Waals surface area contributed by atoms with Crippen molar-refractivity contribution in [3.63, 3.8) is 0 Å². The average molecular weight is 202 g/mol. The summed E-state index contributed by atoms with van der Waals surface area (Å²) < 4.78 is 32.1. The van der Waals surface area contributed by atoms with E-state index in [9.17, 15) is 13.0 Å². The van der Waals surface area contributed by atoms with Crippen molar-refractivity contribution >= 4 is 16.0 Å². The lowest BCUT2D eigenvalue weighted by Crippen LogP contribution is -2.27. The lowest BCUT2D eigenvalue weighted by atomic mass is 10.3. The highest BCUT2D eigenvalue weighted by Gasteiger charge is 2.20. The van der Waals surface area contributed by atoms with Crippen LogP contribution in [0.15, 0.2) is 30.3 Å². The molecule has 0 bridgehead atoms. The van der Waals surface area contributed by atoms with E-state index in [1.807, 2.05) is 0 Å². The van der Waals surface area contributed by atoms with Crippen LogP contribution in [-0.4, -0.2) is 15.5 Å². The van der Waals surface area contributed by atoms with E-state index in [1.165, 1.54) is 12.1 Å². The molecule has 0 saturated heterocycles. The van der Waals surface area contributed by atoms with Crippen LogP contribution in [-0.2, 0) is 19.7 Å². The Morgan fingerprint density at radius 1 is 1.23 bits per heavy atom. The smallest absolute Gasteiger partial charge is 0.260 e. The Morgan fingerprint density at radius 2 is 1.77 bits per heavy atom. The zero-order valence-corrected chi connectivity index (χ0v) is 7.69. The molecule has 0 heterocycles. The molecule has 0 saturated carbocycles. The van der Waals surface area contributed by atoms with E-state index in [4.69, 9.17) is 0 Å². The van der Waals surface area contributed by atoms with Crippen LogP contribution in [0.4, 0.5) is 5.69 Å². The van der Waals surface area contributed by atoms with Gasteiger partial charge in [0.25, 0.3) is 0 Å². The SMILES string of the molecule is CON(c1ccccc1)S([O])(=O)=O. The standard InChI is InChI=1S/C7H8NO4S/c1-12-8(13(9,10)11)7-5-3-2-4-6-7/h2-6H,1H3. The molecular formula is C7H8NO4S. The average Bonchev–Trinajstić information content (AvgIpc) is 2.05. The number of benzene rings is 1. The molecule has 0 fully saturated rings. The first-order chi connectivity index (χ1) is 6.05. The Bertz CT molecular complexity index is 361. The summed E-state index contributed by atoms with van der Waals surface area (Å²) in [5.74, 6) is 0. The van der Waals surface area contributed by atoms with Crippen LogP contribution in [0.5, 0.6) is 0 Å². The molecule has 0 aliphatic rings. The Kier molecular flexibility index (Phi) is 2.86. The third-order valence-electron chi connectivity index (χ3n) is 1.34. The Balaban J connectivity index is 3.06. The van der Waals surface area contributed by atoms with Gasteiger partial charge in [-0.2, -0.15) is 8.42 Å². The van der Waals surface area contributed by atoms with Gasteiger partial charge in [0.15, 0.2) is 0 Å². The van der Waals surface area contributed by atoms with Crippen molar-refractivity contribution in [1.29, 1.82) is 0 Å². The summed E-state index contributed by atoms with van der Waals surface area (Å²) in [6.07, 6.45) is 0. The zero-order chi connectivity index (χ0) is 9.90. The van der Waals surface area contributed by atoms with E-state index in [0.717, 1.165) is 7.11 Å². The van der Waals surface area contributed by atoms with Gasteiger partial charge in [-0.1, -0.05) is 22.8 Å². The molecule has 0 aromatic heterocycles. The fourth-order valence-corrected chi connectivity index (χ4v) is 1.44. The number of hydrogen-bond donors (Lipinski definition) is 0. The molecule has 1 aromatic carbocycles. The fourth-order valence-electron chi connectivity index (χ4n) is 0.876. The predicted octanol–water partition coefficient (Wildman–Crippen LogP) is 0.730. The van der Waals surface area contributed by atoms with E-state index < -0.39 is 10.3 Å². The highest BCUT2D eigenvalue weighted by molar-refractivity contribution is 7.86. The summed E-state index contributed by atoms with van der Waals surface area (Å²) in [5, 5.41) is 0. The van der Waals surface area contributed by atoms with Crippen LogP contribution < -0.4 is 4.47 Å². The maximum absolute atomic E-state index is 10.6. The zero-order valence-electron chi connectivity index (χ0n) is 6.88. The minimum Gasteiger partial charge on any atom is -0.260 e. The monoisotopic (exact) mass is 202 g/mol. The van der Waals surface area contributed by atoms with Gasteiger partial charge in [-0.25, -0.2) is 0 Å². The van der Waals surface area contributed by atoms with Crippen molar-refractivity contribution in [2.75, 3.05) is 11.6 Å². The van der Waals surface area contributed by atoms with Crippen LogP contribution in [0.2, 0.25) is 0 Å². The van der Waals surface area contributed by atoms with Gasteiger partial charge >= 0.3 is 10.3 Å². The second-order valence-corrected chi connectivity index (χ2v) is 3.39. The van der Waals surface area contributed by atoms with Gasteiger partial charge in [0, 0.05) is 0 Å². The molecule has 0 amide bonds. The van der Waals surface area contributed by atoms with E-state index in [1.54, 1.807) is 18.2 Å². The maximum atomic E-state index is 10.6. The van der Waals surface area contributed by atoms with Crippen molar-refractivity contribution < 1.29 is 17.8 Å². The molecule has 6 heteroatoms. The van der Waals surface area contributed by atoms with Crippen molar-refractivity contribution in [2.24, 2.45) is 0 Å². The third-order valence-corrected chi connectivity index (χ3v) is 2.10.